The molecule has 7 aromatic rings. The van der Waals surface area contributed by atoms with E-state index >= 15 is 0 Å². The monoisotopic (exact) mass is 695 g/mol. The van der Waals surface area contributed by atoms with Crippen LogP contribution in [0.25, 0.3) is 44.5 Å². The normalized spacial score (nSPS) is 17.0. The predicted molar refractivity (Wildman–Crippen MR) is 226 cm³/mol. The Bertz CT molecular complexity index is 2680. The van der Waals surface area contributed by atoms with Gasteiger partial charge in [-0.3, -0.25) is 0 Å². The number of hydrogen-bond acceptors (Lipinski definition) is 1. The average Bonchev–Trinajstić information content (AvgIpc) is 3.93. The van der Waals surface area contributed by atoms with Crippen molar-refractivity contribution in [3.8, 4) is 44.5 Å². The molecule has 0 heterocycles. The van der Waals surface area contributed by atoms with Crippen molar-refractivity contribution in [1.29, 1.82) is 0 Å². The summed E-state index contributed by atoms with van der Waals surface area (Å²) in [7, 11) is 0. The highest BCUT2D eigenvalue weighted by Gasteiger charge is 2.45. The Morgan fingerprint density at radius 3 is 1.63 bits per heavy atom. The first kappa shape index (κ1) is 31.8. The second-order valence-electron chi connectivity index (χ2n) is 17.2. The van der Waals surface area contributed by atoms with Crippen molar-refractivity contribution in [1.82, 2.24) is 0 Å². The number of hydrogen-bond donors (Lipinski definition) is 0. The first-order valence-corrected chi connectivity index (χ1v) is 19.9. The molecule has 11 rings (SSSR count). The number of anilines is 3. The van der Waals surface area contributed by atoms with Crippen LogP contribution in [0.1, 0.15) is 86.8 Å². The Balaban J connectivity index is 1.17. The van der Waals surface area contributed by atoms with Crippen molar-refractivity contribution in [2.75, 3.05) is 4.90 Å². The molecule has 4 aliphatic carbocycles. The topological polar surface area (TPSA) is 3.24 Å². The van der Waals surface area contributed by atoms with Gasteiger partial charge in [-0.15, -0.1) is 0 Å². The van der Waals surface area contributed by atoms with Crippen LogP contribution in [0.5, 0.6) is 0 Å². The molecule has 0 bridgehead atoms. The van der Waals surface area contributed by atoms with Crippen LogP contribution in [0.2, 0.25) is 0 Å². The molecule has 1 heteroatoms. The number of fused-ring (bicyclic) bond motifs is 11. The summed E-state index contributed by atoms with van der Waals surface area (Å²) in [4.78, 5) is 2.57. The molecule has 0 saturated heterocycles. The molecular formula is C53H45N. The van der Waals surface area contributed by atoms with E-state index in [4.69, 9.17) is 0 Å². The summed E-state index contributed by atoms with van der Waals surface area (Å²) in [5.74, 6) is 0. The van der Waals surface area contributed by atoms with E-state index in [9.17, 15) is 0 Å². The fraction of sp³-hybridized carbons (Fsp3) is 0.208. The fourth-order valence-electron chi connectivity index (χ4n) is 11.2. The lowest BCUT2D eigenvalue weighted by molar-refractivity contribution is 0.550. The second kappa shape index (κ2) is 11.2. The van der Waals surface area contributed by atoms with Gasteiger partial charge in [0.15, 0.2) is 0 Å². The van der Waals surface area contributed by atoms with Crippen molar-refractivity contribution in [2.45, 2.75) is 69.6 Å². The van der Waals surface area contributed by atoms with Gasteiger partial charge in [-0.05, 0) is 115 Å². The van der Waals surface area contributed by atoms with Crippen LogP contribution in [0.15, 0.2) is 152 Å². The van der Waals surface area contributed by atoms with E-state index in [1.165, 1.54) is 121 Å². The summed E-state index contributed by atoms with van der Waals surface area (Å²) in [5, 5.41) is 0. The van der Waals surface area contributed by atoms with Crippen LogP contribution >= 0.6 is 0 Å². The van der Waals surface area contributed by atoms with Crippen molar-refractivity contribution in [3.63, 3.8) is 0 Å². The fourth-order valence-corrected chi connectivity index (χ4v) is 11.2. The van der Waals surface area contributed by atoms with Gasteiger partial charge in [-0.2, -0.15) is 0 Å². The molecule has 4 aliphatic rings. The van der Waals surface area contributed by atoms with Crippen molar-refractivity contribution >= 4 is 17.1 Å². The van der Waals surface area contributed by atoms with Gasteiger partial charge in [-0.25, -0.2) is 0 Å². The summed E-state index contributed by atoms with van der Waals surface area (Å²) in [6.07, 6.45) is 4.99. The maximum absolute atomic E-state index is 2.57. The maximum Gasteiger partial charge on any atom is 0.0540 e. The van der Waals surface area contributed by atoms with E-state index in [2.05, 4.69) is 184 Å². The van der Waals surface area contributed by atoms with Gasteiger partial charge < -0.3 is 4.90 Å². The molecule has 262 valence electrons. The molecule has 1 fully saturated rings. The first-order chi connectivity index (χ1) is 26.3. The highest BCUT2D eigenvalue weighted by Crippen LogP contribution is 2.59. The molecule has 1 nitrogen and oxygen atoms in total. The van der Waals surface area contributed by atoms with E-state index in [-0.39, 0.29) is 16.2 Å². The molecule has 54 heavy (non-hydrogen) atoms. The third-order valence-corrected chi connectivity index (χ3v) is 13.8. The van der Waals surface area contributed by atoms with E-state index < -0.39 is 0 Å². The third-order valence-electron chi connectivity index (χ3n) is 13.8. The zero-order chi connectivity index (χ0) is 36.4. The van der Waals surface area contributed by atoms with Crippen LogP contribution in [0.4, 0.5) is 17.1 Å². The van der Waals surface area contributed by atoms with Crippen LogP contribution in [0, 0.1) is 0 Å². The summed E-state index contributed by atoms with van der Waals surface area (Å²) >= 11 is 0. The number of para-hydroxylation sites is 1. The maximum atomic E-state index is 2.57. The van der Waals surface area contributed by atoms with E-state index in [1.54, 1.807) is 0 Å². The molecule has 1 spiro atoms. The van der Waals surface area contributed by atoms with Crippen molar-refractivity contribution in [3.05, 3.63) is 185 Å². The van der Waals surface area contributed by atoms with E-state index in [0.29, 0.717) is 0 Å². The summed E-state index contributed by atoms with van der Waals surface area (Å²) in [6, 6.07) is 58.0. The SMILES string of the molecule is CC1(C)c2ccccc2-c2cc(N(c3ccc4c(c3)C3(CCCC3)c3ccccc3-4)c3ccccc3-c3cccc4c3-c3ccccc3C4(C)C)ccc21. The Morgan fingerprint density at radius 1 is 0.370 bits per heavy atom. The van der Waals surface area contributed by atoms with E-state index in [0.717, 1.165) is 0 Å². The standard InChI is InChI=1S/C53H45N/c1-51(2)43-21-9-5-17-37(43)42-32-34(27-29-45(42)51)54(35-26-28-38-36-16-6-11-23-46(36)53(48(38)33-35)30-13-14-31-53)49-25-12-8-18-39(49)40-20-15-24-47-50(40)41-19-7-10-22-44(41)52(47,3)4/h5-12,15-29,32-33H,13-14,30-31H2,1-4H3. The molecule has 0 aliphatic heterocycles. The van der Waals surface area contributed by atoms with Gasteiger partial charge in [0.1, 0.15) is 0 Å². The smallest absolute Gasteiger partial charge is 0.0540 e. The first-order valence-electron chi connectivity index (χ1n) is 19.9. The largest absolute Gasteiger partial charge is 0.310 e. The Labute approximate surface area is 320 Å². The number of rotatable bonds is 4. The highest BCUT2D eigenvalue weighted by atomic mass is 15.1. The van der Waals surface area contributed by atoms with Gasteiger partial charge in [0.05, 0.1) is 5.69 Å². The van der Waals surface area contributed by atoms with Gasteiger partial charge in [0.2, 0.25) is 0 Å². The van der Waals surface area contributed by atoms with Gasteiger partial charge in [0.25, 0.3) is 0 Å². The van der Waals surface area contributed by atoms with Crippen LogP contribution in [-0.4, -0.2) is 0 Å². The molecular weight excluding hydrogens is 651 g/mol. The number of nitrogens with zero attached hydrogens (tertiary/aromatic N) is 1. The molecule has 7 aromatic carbocycles. The minimum Gasteiger partial charge on any atom is -0.310 e. The van der Waals surface area contributed by atoms with Crippen molar-refractivity contribution in [2.24, 2.45) is 0 Å². The Morgan fingerprint density at radius 2 is 0.870 bits per heavy atom. The van der Waals surface area contributed by atoms with Crippen LogP contribution < -0.4 is 4.90 Å². The van der Waals surface area contributed by atoms with Crippen molar-refractivity contribution < 1.29 is 0 Å². The van der Waals surface area contributed by atoms with Gasteiger partial charge in [0, 0.05) is 33.2 Å². The highest BCUT2D eigenvalue weighted by molar-refractivity contribution is 5.99. The van der Waals surface area contributed by atoms with Gasteiger partial charge in [-0.1, -0.05) is 162 Å². The lowest BCUT2D eigenvalue weighted by Crippen LogP contribution is -2.21. The van der Waals surface area contributed by atoms with Gasteiger partial charge >= 0.3 is 0 Å². The predicted octanol–water partition coefficient (Wildman–Crippen LogP) is 14.3. The summed E-state index contributed by atoms with van der Waals surface area (Å²) < 4.78 is 0. The summed E-state index contributed by atoms with van der Waals surface area (Å²) in [5.41, 5.74) is 23.0. The number of benzene rings is 7. The zero-order valence-corrected chi connectivity index (χ0v) is 31.7. The Kier molecular flexibility index (Phi) is 6.59. The average molecular weight is 696 g/mol. The zero-order valence-electron chi connectivity index (χ0n) is 31.7. The van der Waals surface area contributed by atoms with E-state index in [1.807, 2.05) is 0 Å². The minimum atomic E-state index is -0.0681. The third kappa shape index (κ3) is 4.16. The second-order valence-corrected chi connectivity index (χ2v) is 17.2. The molecule has 0 atom stereocenters. The molecule has 0 unspecified atom stereocenters. The molecule has 0 N–H and O–H groups in total. The van der Waals surface area contributed by atoms with Crippen LogP contribution in [0.3, 0.4) is 0 Å². The molecule has 1 saturated carbocycles. The van der Waals surface area contributed by atoms with Crippen LogP contribution in [-0.2, 0) is 16.2 Å². The quantitative estimate of drug-likeness (QED) is 0.177. The summed E-state index contributed by atoms with van der Waals surface area (Å²) in [6.45, 7) is 9.51. The lowest BCUT2D eigenvalue weighted by atomic mass is 9.76. The molecule has 0 aromatic heterocycles. The minimum absolute atomic E-state index is 0.0494. The molecule has 0 amide bonds. The lowest BCUT2D eigenvalue weighted by Gasteiger charge is -2.32. The molecule has 0 radical (unpaired) electrons. The Hall–Kier alpha value is -5.66.